The van der Waals surface area contributed by atoms with Crippen LogP contribution in [0.3, 0.4) is 0 Å². The number of carbonyl (C=O) groups is 3. The van der Waals surface area contributed by atoms with Gasteiger partial charge in [0.05, 0.1) is 11.5 Å². The molecule has 1 aliphatic heterocycles. The third kappa shape index (κ3) is 3.74. The average Bonchev–Trinajstić information content (AvgIpc) is 2.79. The van der Waals surface area contributed by atoms with Crippen molar-refractivity contribution in [3.05, 3.63) is 39.9 Å². The number of nitro groups is 1. The van der Waals surface area contributed by atoms with Crippen molar-refractivity contribution in [3.63, 3.8) is 0 Å². The average molecular weight is 350 g/mol. The number of nitro benzene ring substituents is 1. The lowest BCUT2D eigenvalue weighted by Gasteiger charge is -2.22. The number of urea groups is 1. The lowest BCUT2D eigenvalue weighted by Crippen LogP contribution is -2.43. The fourth-order valence-electron chi connectivity index (χ4n) is 2.44. The molecule has 1 fully saturated rings. The van der Waals surface area contributed by atoms with Gasteiger partial charge in [-0.15, -0.1) is 0 Å². The Morgan fingerprint density at radius 3 is 2.56 bits per heavy atom. The molecule has 1 atom stereocenters. The summed E-state index contributed by atoms with van der Waals surface area (Å²) in [5.74, 6) is -1.10. The number of non-ortho nitro benzene ring substituents is 1. The van der Waals surface area contributed by atoms with Crippen molar-refractivity contribution in [2.45, 2.75) is 12.5 Å². The van der Waals surface area contributed by atoms with E-state index in [0.717, 1.165) is 4.90 Å². The van der Waals surface area contributed by atoms with Gasteiger partial charge in [0.25, 0.3) is 11.6 Å². The summed E-state index contributed by atoms with van der Waals surface area (Å²) in [7, 11) is 1.49. The third-order valence-electron chi connectivity index (χ3n) is 3.86. The van der Waals surface area contributed by atoms with Crippen LogP contribution < -0.4 is 10.6 Å². The molecule has 134 valence electrons. The molecule has 2 N–H and O–H groups in total. The molecule has 2 rings (SSSR count). The molecular weight excluding hydrogens is 332 g/mol. The van der Waals surface area contributed by atoms with E-state index < -0.39 is 34.9 Å². The lowest BCUT2D eigenvalue weighted by atomic mass is 9.92. The molecule has 1 aromatic carbocycles. The fourth-order valence-corrected chi connectivity index (χ4v) is 2.44. The quantitative estimate of drug-likeness (QED) is 0.311. The number of imide groups is 1. The highest BCUT2D eigenvalue weighted by Gasteiger charge is 2.49. The maximum Gasteiger partial charge on any atom is 0.325 e. The van der Waals surface area contributed by atoms with Gasteiger partial charge in [-0.05, 0) is 24.6 Å². The Labute approximate surface area is 143 Å². The van der Waals surface area contributed by atoms with Crippen molar-refractivity contribution in [2.75, 3.05) is 26.8 Å². The summed E-state index contributed by atoms with van der Waals surface area (Å²) in [5.41, 5.74) is -1.13. The van der Waals surface area contributed by atoms with Crippen molar-refractivity contribution in [2.24, 2.45) is 0 Å². The molecule has 0 radical (unpaired) electrons. The molecule has 0 bridgehead atoms. The molecule has 0 aromatic heterocycles. The number of carbonyl (C=O) groups excluding carboxylic acids is 3. The molecule has 10 heteroatoms. The first kappa shape index (κ1) is 18.3. The van der Waals surface area contributed by atoms with Crippen LogP contribution in [0.4, 0.5) is 10.5 Å². The molecule has 0 spiro atoms. The van der Waals surface area contributed by atoms with E-state index in [4.69, 9.17) is 4.74 Å². The predicted octanol–water partition coefficient (Wildman–Crippen LogP) is 0.124. The topological polar surface area (TPSA) is 131 Å². The van der Waals surface area contributed by atoms with Gasteiger partial charge < -0.3 is 15.4 Å². The van der Waals surface area contributed by atoms with E-state index in [1.165, 1.54) is 38.3 Å². The van der Waals surface area contributed by atoms with Crippen LogP contribution in [0.5, 0.6) is 0 Å². The minimum absolute atomic E-state index is 0.126. The number of ether oxygens (including phenoxy) is 1. The van der Waals surface area contributed by atoms with Crippen LogP contribution in [0.1, 0.15) is 12.5 Å². The smallest absolute Gasteiger partial charge is 0.325 e. The zero-order valence-corrected chi connectivity index (χ0v) is 13.8. The maximum absolute atomic E-state index is 12.6. The number of methoxy groups -OCH3 is 1. The van der Waals surface area contributed by atoms with Gasteiger partial charge in [0.2, 0.25) is 5.91 Å². The molecule has 1 saturated heterocycles. The second-order valence-corrected chi connectivity index (χ2v) is 5.59. The fraction of sp³-hybridized carbons (Fsp3) is 0.400. The standard InChI is InChI=1S/C15H18N4O6/c1-15(10-3-5-11(6-4-10)19(23)24)13(21)18(14(22)17-15)9-12(20)16-7-8-25-2/h3-6H,7-9H2,1-2H3,(H,16,20)(H,17,22)/t15-/m1/s1. The van der Waals surface area contributed by atoms with E-state index in [9.17, 15) is 24.5 Å². The molecule has 4 amide bonds. The first-order valence-electron chi connectivity index (χ1n) is 7.44. The third-order valence-corrected chi connectivity index (χ3v) is 3.86. The van der Waals surface area contributed by atoms with E-state index in [0.29, 0.717) is 12.2 Å². The Morgan fingerprint density at radius 1 is 1.36 bits per heavy atom. The van der Waals surface area contributed by atoms with E-state index in [-0.39, 0.29) is 12.2 Å². The van der Waals surface area contributed by atoms with Gasteiger partial charge in [-0.1, -0.05) is 0 Å². The second-order valence-electron chi connectivity index (χ2n) is 5.59. The molecule has 0 unspecified atom stereocenters. The second kappa shape index (κ2) is 7.26. The SMILES string of the molecule is COCCNC(=O)CN1C(=O)N[C@](C)(c2ccc([N+](=O)[O-])cc2)C1=O. The molecule has 25 heavy (non-hydrogen) atoms. The molecule has 10 nitrogen and oxygen atoms in total. The summed E-state index contributed by atoms with van der Waals surface area (Å²) < 4.78 is 4.80. The highest BCUT2D eigenvalue weighted by molar-refractivity contribution is 6.09. The summed E-state index contributed by atoms with van der Waals surface area (Å²) in [4.78, 5) is 47.5. The minimum Gasteiger partial charge on any atom is -0.383 e. The molecular formula is C15H18N4O6. The lowest BCUT2D eigenvalue weighted by molar-refractivity contribution is -0.384. The van der Waals surface area contributed by atoms with E-state index in [1.807, 2.05) is 0 Å². The summed E-state index contributed by atoms with van der Waals surface area (Å²) >= 11 is 0. The first-order chi connectivity index (χ1) is 11.8. The normalized spacial score (nSPS) is 19.7. The van der Waals surface area contributed by atoms with Crippen LogP contribution in [0.2, 0.25) is 0 Å². The Morgan fingerprint density at radius 2 is 2.00 bits per heavy atom. The van der Waals surface area contributed by atoms with Gasteiger partial charge in [0.15, 0.2) is 0 Å². The van der Waals surface area contributed by atoms with Gasteiger partial charge in [-0.2, -0.15) is 0 Å². The number of benzene rings is 1. The van der Waals surface area contributed by atoms with Crippen molar-refractivity contribution >= 4 is 23.5 Å². The molecule has 1 aromatic rings. The largest absolute Gasteiger partial charge is 0.383 e. The van der Waals surface area contributed by atoms with Gasteiger partial charge >= 0.3 is 6.03 Å². The predicted molar refractivity (Wildman–Crippen MR) is 85.6 cm³/mol. The maximum atomic E-state index is 12.6. The highest BCUT2D eigenvalue weighted by atomic mass is 16.6. The van der Waals surface area contributed by atoms with E-state index in [1.54, 1.807) is 0 Å². The molecule has 0 aliphatic carbocycles. The number of nitrogens with zero attached hydrogens (tertiary/aromatic N) is 2. The number of rotatable bonds is 7. The number of nitrogens with one attached hydrogen (secondary N) is 2. The van der Waals surface area contributed by atoms with Crippen molar-refractivity contribution in [1.82, 2.24) is 15.5 Å². The first-order valence-corrected chi connectivity index (χ1v) is 7.44. The molecule has 0 saturated carbocycles. The van der Waals surface area contributed by atoms with Crippen LogP contribution in [-0.2, 0) is 19.9 Å². The Balaban J connectivity index is 2.13. The minimum atomic E-state index is -1.39. The number of hydrogen-bond donors (Lipinski definition) is 2. The van der Waals surface area contributed by atoms with Gasteiger partial charge in [0.1, 0.15) is 12.1 Å². The van der Waals surface area contributed by atoms with Crippen LogP contribution >= 0.6 is 0 Å². The van der Waals surface area contributed by atoms with Gasteiger partial charge in [-0.3, -0.25) is 24.6 Å². The zero-order chi connectivity index (χ0) is 18.6. The Kier molecular flexibility index (Phi) is 5.32. The van der Waals surface area contributed by atoms with E-state index >= 15 is 0 Å². The van der Waals surface area contributed by atoms with Crippen LogP contribution in [0, 0.1) is 10.1 Å². The van der Waals surface area contributed by atoms with Crippen molar-refractivity contribution in [1.29, 1.82) is 0 Å². The summed E-state index contributed by atoms with van der Waals surface area (Å²) in [6.45, 7) is 1.64. The van der Waals surface area contributed by atoms with Crippen LogP contribution in [0.15, 0.2) is 24.3 Å². The van der Waals surface area contributed by atoms with Crippen LogP contribution in [-0.4, -0.2) is 54.5 Å². The number of hydrogen-bond acceptors (Lipinski definition) is 6. The Bertz CT molecular complexity index is 704. The van der Waals surface area contributed by atoms with Gasteiger partial charge in [-0.25, -0.2) is 4.79 Å². The van der Waals surface area contributed by atoms with Crippen LogP contribution in [0.25, 0.3) is 0 Å². The highest BCUT2D eigenvalue weighted by Crippen LogP contribution is 2.29. The van der Waals surface area contributed by atoms with E-state index in [2.05, 4.69) is 10.6 Å². The Hall–Kier alpha value is -3.01. The molecule has 1 aliphatic rings. The number of amides is 4. The van der Waals surface area contributed by atoms with Crippen molar-refractivity contribution < 1.29 is 24.0 Å². The monoisotopic (exact) mass is 350 g/mol. The zero-order valence-electron chi connectivity index (χ0n) is 13.8. The molecule has 1 heterocycles. The summed E-state index contributed by atoms with van der Waals surface area (Å²) in [5, 5.41) is 15.8. The van der Waals surface area contributed by atoms with Gasteiger partial charge in [0, 0.05) is 25.8 Å². The van der Waals surface area contributed by atoms with Crippen molar-refractivity contribution in [3.8, 4) is 0 Å². The summed E-state index contributed by atoms with van der Waals surface area (Å²) in [6.07, 6.45) is 0. The summed E-state index contributed by atoms with van der Waals surface area (Å²) in [6, 6.07) is 4.60.